The molecule has 1 N–H and O–H groups in total. The molecule has 1 aromatic rings. The van der Waals surface area contributed by atoms with E-state index in [9.17, 15) is 14.4 Å². The molecule has 1 aliphatic rings. The second kappa shape index (κ2) is 10.6. The molecule has 0 spiro atoms. The van der Waals surface area contributed by atoms with E-state index >= 15 is 0 Å². The quantitative estimate of drug-likeness (QED) is 0.700. The van der Waals surface area contributed by atoms with Gasteiger partial charge in [0.15, 0.2) is 6.61 Å². The van der Waals surface area contributed by atoms with Gasteiger partial charge in [-0.05, 0) is 57.9 Å². The van der Waals surface area contributed by atoms with Gasteiger partial charge in [-0.15, -0.1) is 0 Å². The summed E-state index contributed by atoms with van der Waals surface area (Å²) in [6.45, 7) is 12.4. The predicted octanol–water partition coefficient (Wildman–Crippen LogP) is 1.20. The Bertz CT molecular complexity index is 775. The third kappa shape index (κ3) is 8.57. The zero-order chi connectivity index (χ0) is 23.2. The van der Waals surface area contributed by atoms with Crippen LogP contribution in [0, 0.1) is 13.8 Å². The van der Waals surface area contributed by atoms with Crippen LogP contribution in [0.15, 0.2) is 18.2 Å². The molecule has 0 unspecified atom stereocenters. The van der Waals surface area contributed by atoms with Gasteiger partial charge in [0.05, 0.1) is 13.1 Å². The lowest BCUT2D eigenvalue weighted by atomic mass is 10.1. The zero-order valence-corrected chi connectivity index (χ0v) is 19.7. The molecule has 0 aromatic heterocycles. The van der Waals surface area contributed by atoms with E-state index in [1.165, 1.54) is 4.90 Å². The predicted molar refractivity (Wildman–Crippen MR) is 120 cm³/mol. The third-order valence-corrected chi connectivity index (χ3v) is 4.96. The van der Waals surface area contributed by atoms with Gasteiger partial charge in [0.1, 0.15) is 5.75 Å². The molecule has 1 aromatic carbocycles. The number of ether oxygens (including phenoxy) is 1. The van der Waals surface area contributed by atoms with Gasteiger partial charge >= 0.3 is 0 Å². The smallest absolute Gasteiger partial charge is 0.260 e. The number of rotatable bonds is 7. The van der Waals surface area contributed by atoms with Gasteiger partial charge in [0.25, 0.3) is 5.91 Å². The van der Waals surface area contributed by atoms with Gasteiger partial charge in [0.2, 0.25) is 11.8 Å². The number of hydrogen-bond acceptors (Lipinski definition) is 5. The van der Waals surface area contributed by atoms with Crippen LogP contribution in [0.4, 0.5) is 0 Å². The van der Waals surface area contributed by atoms with E-state index in [2.05, 4.69) is 5.32 Å². The van der Waals surface area contributed by atoms with Gasteiger partial charge in [-0.3, -0.25) is 19.3 Å². The SMILES string of the molecule is Cc1cc(C)cc(OCC(=O)N(C)CC(=O)N2CCN(CC(=O)NC(C)(C)C)CC2)c1. The normalized spacial score (nSPS) is 14.8. The molecule has 0 aliphatic carbocycles. The number of benzene rings is 1. The number of carbonyl (C=O) groups is 3. The molecule has 3 amide bonds. The van der Waals surface area contributed by atoms with Crippen molar-refractivity contribution in [1.29, 1.82) is 0 Å². The zero-order valence-electron chi connectivity index (χ0n) is 19.7. The average molecular weight is 433 g/mol. The lowest BCUT2D eigenvalue weighted by Crippen LogP contribution is -2.54. The molecule has 1 aliphatic heterocycles. The van der Waals surface area contributed by atoms with E-state index in [-0.39, 0.29) is 36.4 Å². The molecule has 31 heavy (non-hydrogen) atoms. The molecule has 1 heterocycles. The van der Waals surface area contributed by atoms with Crippen molar-refractivity contribution >= 4 is 17.7 Å². The van der Waals surface area contributed by atoms with E-state index in [4.69, 9.17) is 4.74 Å². The fourth-order valence-electron chi connectivity index (χ4n) is 3.48. The first kappa shape index (κ1) is 24.7. The number of nitrogens with zero attached hydrogens (tertiary/aromatic N) is 3. The third-order valence-electron chi connectivity index (χ3n) is 4.96. The molecule has 0 radical (unpaired) electrons. The summed E-state index contributed by atoms with van der Waals surface area (Å²) in [6.07, 6.45) is 0. The summed E-state index contributed by atoms with van der Waals surface area (Å²) in [5.74, 6) is 0.296. The molecule has 2 rings (SSSR count). The minimum atomic E-state index is -0.256. The highest BCUT2D eigenvalue weighted by Gasteiger charge is 2.25. The summed E-state index contributed by atoms with van der Waals surface area (Å²) in [4.78, 5) is 42.2. The number of piperazine rings is 1. The Morgan fingerprint density at radius 1 is 1.03 bits per heavy atom. The van der Waals surface area contributed by atoms with Crippen LogP contribution in [-0.2, 0) is 14.4 Å². The first-order valence-corrected chi connectivity index (χ1v) is 10.7. The first-order valence-electron chi connectivity index (χ1n) is 10.7. The van der Waals surface area contributed by atoms with Crippen molar-refractivity contribution in [2.24, 2.45) is 0 Å². The number of nitrogens with one attached hydrogen (secondary N) is 1. The van der Waals surface area contributed by atoms with Crippen LogP contribution in [0.3, 0.4) is 0 Å². The Labute approximate surface area is 185 Å². The number of aryl methyl sites for hydroxylation is 2. The van der Waals surface area contributed by atoms with Crippen LogP contribution in [0.1, 0.15) is 31.9 Å². The highest BCUT2D eigenvalue weighted by Crippen LogP contribution is 2.16. The number of likely N-dealkylation sites (N-methyl/N-ethyl adjacent to an activating group) is 1. The minimum Gasteiger partial charge on any atom is -0.484 e. The van der Waals surface area contributed by atoms with Crippen molar-refractivity contribution in [3.05, 3.63) is 29.3 Å². The summed E-state index contributed by atoms with van der Waals surface area (Å²) in [6, 6.07) is 5.80. The Morgan fingerprint density at radius 3 is 2.16 bits per heavy atom. The van der Waals surface area contributed by atoms with Crippen LogP contribution < -0.4 is 10.1 Å². The summed E-state index contributed by atoms with van der Waals surface area (Å²) in [5.41, 5.74) is 1.88. The molecule has 0 atom stereocenters. The van der Waals surface area contributed by atoms with Crippen LogP contribution in [-0.4, -0.2) is 90.9 Å². The lowest BCUT2D eigenvalue weighted by molar-refractivity contribution is -0.141. The van der Waals surface area contributed by atoms with Gasteiger partial charge in [-0.1, -0.05) is 6.07 Å². The second-order valence-electron chi connectivity index (χ2n) is 9.32. The summed E-state index contributed by atoms with van der Waals surface area (Å²) in [7, 11) is 1.61. The second-order valence-corrected chi connectivity index (χ2v) is 9.32. The molecule has 8 nitrogen and oxygen atoms in total. The summed E-state index contributed by atoms with van der Waals surface area (Å²) in [5, 5.41) is 2.95. The summed E-state index contributed by atoms with van der Waals surface area (Å²) < 4.78 is 5.60. The highest BCUT2D eigenvalue weighted by atomic mass is 16.5. The van der Waals surface area contributed by atoms with Crippen molar-refractivity contribution in [1.82, 2.24) is 20.0 Å². The molecule has 1 saturated heterocycles. The monoisotopic (exact) mass is 432 g/mol. The maximum absolute atomic E-state index is 12.6. The van der Waals surface area contributed by atoms with Crippen LogP contribution >= 0.6 is 0 Å². The Balaban J connectivity index is 1.73. The topological polar surface area (TPSA) is 82.2 Å². The lowest BCUT2D eigenvalue weighted by Gasteiger charge is -2.35. The van der Waals surface area contributed by atoms with Gasteiger partial charge in [0, 0.05) is 38.8 Å². The maximum atomic E-state index is 12.6. The fourth-order valence-corrected chi connectivity index (χ4v) is 3.48. The molecular formula is C23H36N4O4. The van der Waals surface area contributed by atoms with Crippen molar-refractivity contribution in [3.63, 3.8) is 0 Å². The Morgan fingerprint density at radius 2 is 1.61 bits per heavy atom. The maximum Gasteiger partial charge on any atom is 0.260 e. The van der Waals surface area contributed by atoms with E-state index in [0.717, 1.165) is 11.1 Å². The molecule has 0 bridgehead atoms. The van der Waals surface area contributed by atoms with Crippen molar-refractivity contribution in [2.75, 3.05) is 52.9 Å². The number of carbonyl (C=O) groups excluding carboxylic acids is 3. The van der Waals surface area contributed by atoms with Crippen molar-refractivity contribution in [2.45, 2.75) is 40.2 Å². The Hall–Kier alpha value is -2.61. The van der Waals surface area contributed by atoms with E-state index in [1.54, 1.807) is 11.9 Å². The standard InChI is InChI=1S/C23H36N4O4/c1-17-11-18(2)13-19(12-17)31-16-22(30)25(6)15-21(29)27-9-7-26(8-10-27)14-20(28)24-23(3,4)5/h11-13H,7-10,14-16H2,1-6H3,(H,24,28). The molecule has 8 heteroatoms. The number of hydrogen-bond donors (Lipinski definition) is 1. The van der Waals surface area contributed by atoms with Crippen LogP contribution in [0.2, 0.25) is 0 Å². The first-order chi connectivity index (χ1) is 14.4. The van der Waals surface area contributed by atoms with Crippen LogP contribution in [0.5, 0.6) is 5.75 Å². The van der Waals surface area contributed by atoms with Gasteiger partial charge < -0.3 is 19.9 Å². The molecule has 0 saturated carbocycles. The largest absolute Gasteiger partial charge is 0.484 e. The molecular weight excluding hydrogens is 396 g/mol. The fraction of sp³-hybridized carbons (Fsp3) is 0.609. The van der Waals surface area contributed by atoms with E-state index in [0.29, 0.717) is 38.5 Å². The molecule has 172 valence electrons. The summed E-state index contributed by atoms with van der Waals surface area (Å²) >= 11 is 0. The van der Waals surface area contributed by atoms with Gasteiger partial charge in [-0.25, -0.2) is 0 Å². The highest BCUT2D eigenvalue weighted by molar-refractivity contribution is 5.85. The molecule has 1 fully saturated rings. The Kier molecular flexibility index (Phi) is 8.44. The van der Waals surface area contributed by atoms with Crippen molar-refractivity contribution in [3.8, 4) is 5.75 Å². The van der Waals surface area contributed by atoms with Crippen molar-refractivity contribution < 1.29 is 19.1 Å². The van der Waals surface area contributed by atoms with Gasteiger partial charge in [-0.2, -0.15) is 0 Å². The average Bonchev–Trinajstić information content (AvgIpc) is 2.64. The van der Waals surface area contributed by atoms with E-state index in [1.807, 2.05) is 57.7 Å². The van der Waals surface area contributed by atoms with Crippen LogP contribution in [0.25, 0.3) is 0 Å². The van der Waals surface area contributed by atoms with E-state index < -0.39 is 0 Å². The number of amides is 3. The minimum absolute atomic E-state index is 0.0126.